The minimum absolute atomic E-state index is 0.0895. The largest absolute Gasteiger partial charge is 0.355 e. The number of aromatic nitrogens is 2. The third-order valence-electron chi connectivity index (χ3n) is 3.94. The van der Waals surface area contributed by atoms with E-state index in [1.807, 2.05) is 53.4 Å². The van der Waals surface area contributed by atoms with E-state index in [1.165, 1.54) is 17.4 Å². The molecule has 0 saturated heterocycles. The Balaban J connectivity index is 1.46. The average Bonchev–Trinajstić information content (AvgIpc) is 3.39. The van der Waals surface area contributed by atoms with E-state index in [1.54, 1.807) is 6.20 Å². The highest BCUT2D eigenvalue weighted by molar-refractivity contribution is 7.13. The number of amides is 2. The predicted octanol–water partition coefficient (Wildman–Crippen LogP) is 2.97. The summed E-state index contributed by atoms with van der Waals surface area (Å²) >= 11 is 1.48. The normalized spacial score (nSPS) is 10.8. The number of carbonyl (C=O) groups is 2. The van der Waals surface area contributed by atoms with Crippen LogP contribution in [-0.2, 0) is 7.05 Å². The maximum atomic E-state index is 12.4. The number of nitrogens with zero attached hydrogens (tertiary/aromatic N) is 2. The number of benzene rings is 1. The van der Waals surface area contributed by atoms with Crippen molar-refractivity contribution in [3.63, 3.8) is 0 Å². The van der Waals surface area contributed by atoms with Crippen LogP contribution in [0, 0.1) is 0 Å². The molecule has 0 atom stereocenters. The van der Waals surface area contributed by atoms with Crippen molar-refractivity contribution >= 4 is 34.1 Å². The molecule has 130 valence electrons. The number of thiophene rings is 1. The van der Waals surface area contributed by atoms with Gasteiger partial charge in [-0.3, -0.25) is 20.4 Å². The number of aryl methyl sites for hydroxylation is 1. The summed E-state index contributed by atoms with van der Waals surface area (Å²) < 4.78 is 7.02. The van der Waals surface area contributed by atoms with E-state index in [4.69, 9.17) is 4.52 Å². The van der Waals surface area contributed by atoms with Crippen LogP contribution in [0.15, 0.2) is 58.6 Å². The molecule has 3 aromatic heterocycles. The molecule has 0 saturated carbocycles. The van der Waals surface area contributed by atoms with Crippen LogP contribution in [-0.4, -0.2) is 21.5 Å². The summed E-state index contributed by atoms with van der Waals surface area (Å²) in [5.41, 5.74) is 6.27. The van der Waals surface area contributed by atoms with Crippen molar-refractivity contribution in [2.75, 3.05) is 0 Å². The molecule has 1 aromatic carbocycles. The molecule has 4 aromatic rings. The molecule has 3 heterocycles. The average molecular weight is 366 g/mol. The zero-order valence-electron chi connectivity index (χ0n) is 13.7. The quantitative estimate of drug-likeness (QED) is 0.546. The Kier molecular flexibility index (Phi) is 4.02. The molecular formula is C18H14N4O3S. The first-order chi connectivity index (χ1) is 12.6. The number of hydrazine groups is 1. The standard InChI is InChI=1S/C18H14N4O3S/c1-22-10-12(11-5-2-3-6-14(11)22)17(23)19-20-18(24)13-9-15(25-21-13)16-7-4-8-26-16/h2-10H,1H3,(H,19,23)(H,20,24). The third kappa shape index (κ3) is 2.86. The molecule has 0 unspecified atom stereocenters. The second-order valence-electron chi connectivity index (χ2n) is 5.63. The minimum atomic E-state index is -0.551. The van der Waals surface area contributed by atoms with Crippen molar-refractivity contribution in [1.29, 1.82) is 0 Å². The van der Waals surface area contributed by atoms with Gasteiger partial charge in [-0.1, -0.05) is 29.4 Å². The molecule has 26 heavy (non-hydrogen) atoms. The van der Waals surface area contributed by atoms with E-state index < -0.39 is 11.8 Å². The first-order valence-electron chi connectivity index (χ1n) is 7.79. The smallest absolute Gasteiger partial charge is 0.291 e. The highest BCUT2D eigenvalue weighted by atomic mass is 32.1. The van der Waals surface area contributed by atoms with Gasteiger partial charge in [0.15, 0.2) is 11.5 Å². The summed E-state index contributed by atoms with van der Waals surface area (Å²) in [4.78, 5) is 25.5. The van der Waals surface area contributed by atoms with Crippen molar-refractivity contribution in [2.45, 2.75) is 0 Å². The lowest BCUT2D eigenvalue weighted by Crippen LogP contribution is -2.41. The van der Waals surface area contributed by atoms with Gasteiger partial charge in [0.2, 0.25) is 0 Å². The van der Waals surface area contributed by atoms with Gasteiger partial charge in [0.05, 0.1) is 10.4 Å². The van der Waals surface area contributed by atoms with Crippen LogP contribution in [0.25, 0.3) is 21.5 Å². The molecule has 2 amide bonds. The zero-order valence-corrected chi connectivity index (χ0v) is 14.5. The second-order valence-corrected chi connectivity index (χ2v) is 6.58. The van der Waals surface area contributed by atoms with Crippen LogP contribution >= 0.6 is 11.3 Å². The van der Waals surface area contributed by atoms with Crippen LogP contribution in [0.3, 0.4) is 0 Å². The fourth-order valence-electron chi connectivity index (χ4n) is 2.68. The first kappa shape index (κ1) is 16.1. The molecule has 2 N–H and O–H groups in total. The number of nitrogens with one attached hydrogen (secondary N) is 2. The van der Waals surface area contributed by atoms with Crippen molar-refractivity contribution in [1.82, 2.24) is 20.6 Å². The Morgan fingerprint density at radius 2 is 1.92 bits per heavy atom. The van der Waals surface area contributed by atoms with Gasteiger partial charge < -0.3 is 9.09 Å². The second kappa shape index (κ2) is 6.49. The molecule has 0 bridgehead atoms. The number of fused-ring (bicyclic) bond motifs is 1. The highest BCUT2D eigenvalue weighted by Gasteiger charge is 2.17. The molecule has 8 heteroatoms. The molecular weight excluding hydrogens is 352 g/mol. The van der Waals surface area contributed by atoms with Crippen molar-refractivity contribution < 1.29 is 14.1 Å². The van der Waals surface area contributed by atoms with Crippen molar-refractivity contribution in [3.8, 4) is 10.6 Å². The summed E-state index contributed by atoms with van der Waals surface area (Å²) in [5.74, 6) is -0.451. The lowest BCUT2D eigenvalue weighted by Gasteiger charge is -2.04. The molecule has 7 nitrogen and oxygen atoms in total. The molecule has 0 fully saturated rings. The van der Waals surface area contributed by atoms with E-state index in [-0.39, 0.29) is 5.69 Å². The Bertz CT molecular complexity index is 1100. The Hall–Kier alpha value is -3.39. The summed E-state index contributed by atoms with van der Waals surface area (Å²) in [6, 6.07) is 12.8. The maximum Gasteiger partial charge on any atom is 0.291 e. The third-order valence-corrected chi connectivity index (χ3v) is 4.82. The summed E-state index contributed by atoms with van der Waals surface area (Å²) in [5, 5.41) is 6.45. The highest BCUT2D eigenvalue weighted by Crippen LogP contribution is 2.25. The van der Waals surface area contributed by atoms with Crippen LogP contribution in [0.5, 0.6) is 0 Å². The topological polar surface area (TPSA) is 89.2 Å². The lowest BCUT2D eigenvalue weighted by molar-refractivity contribution is 0.0842. The molecule has 0 aliphatic heterocycles. The van der Waals surface area contributed by atoms with E-state index in [0.717, 1.165) is 15.8 Å². The number of hydrogen-bond acceptors (Lipinski definition) is 5. The van der Waals surface area contributed by atoms with Gasteiger partial charge in [0, 0.05) is 30.2 Å². The fourth-order valence-corrected chi connectivity index (χ4v) is 3.36. The fraction of sp³-hybridized carbons (Fsp3) is 0.0556. The predicted molar refractivity (Wildman–Crippen MR) is 97.7 cm³/mol. The summed E-state index contributed by atoms with van der Waals surface area (Å²) in [6.07, 6.45) is 1.72. The van der Waals surface area contributed by atoms with Crippen LogP contribution in [0.4, 0.5) is 0 Å². The van der Waals surface area contributed by atoms with Gasteiger partial charge in [0.1, 0.15) is 0 Å². The van der Waals surface area contributed by atoms with Gasteiger partial charge in [-0.05, 0) is 17.5 Å². The number of hydrogen-bond donors (Lipinski definition) is 2. The van der Waals surface area contributed by atoms with Crippen molar-refractivity contribution in [3.05, 3.63) is 65.3 Å². The molecule has 4 rings (SSSR count). The van der Waals surface area contributed by atoms with Crippen LogP contribution in [0.2, 0.25) is 0 Å². The zero-order chi connectivity index (χ0) is 18.1. The Morgan fingerprint density at radius 1 is 1.12 bits per heavy atom. The Morgan fingerprint density at radius 3 is 2.73 bits per heavy atom. The van der Waals surface area contributed by atoms with Crippen LogP contribution < -0.4 is 10.9 Å². The van der Waals surface area contributed by atoms with Gasteiger partial charge in [-0.2, -0.15) is 0 Å². The van der Waals surface area contributed by atoms with E-state index in [9.17, 15) is 9.59 Å². The van der Waals surface area contributed by atoms with E-state index in [2.05, 4.69) is 16.0 Å². The number of para-hydroxylation sites is 1. The Labute approximate surface area is 152 Å². The lowest BCUT2D eigenvalue weighted by atomic mass is 10.2. The van der Waals surface area contributed by atoms with E-state index in [0.29, 0.717) is 11.3 Å². The SMILES string of the molecule is Cn1cc(C(=O)NNC(=O)c2cc(-c3cccs3)on2)c2ccccc21. The summed E-state index contributed by atoms with van der Waals surface area (Å²) in [7, 11) is 1.86. The number of carbonyl (C=O) groups excluding carboxylic acids is 2. The first-order valence-corrected chi connectivity index (χ1v) is 8.67. The van der Waals surface area contributed by atoms with Crippen LogP contribution in [0.1, 0.15) is 20.8 Å². The van der Waals surface area contributed by atoms with Gasteiger partial charge >= 0.3 is 0 Å². The summed E-state index contributed by atoms with van der Waals surface area (Å²) in [6.45, 7) is 0. The van der Waals surface area contributed by atoms with Gasteiger partial charge in [-0.15, -0.1) is 11.3 Å². The van der Waals surface area contributed by atoms with Gasteiger partial charge in [-0.25, -0.2) is 0 Å². The number of rotatable bonds is 3. The minimum Gasteiger partial charge on any atom is -0.355 e. The van der Waals surface area contributed by atoms with Crippen molar-refractivity contribution in [2.24, 2.45) is 7.05 Å². The monoisotopic (exact) mass is 366 g/mol. The van der Waals surface area contributed by atoms with E-state index >= 15 is 0 Å². The van der Waals surface area contributed by atoms with Gasteiger partial charge in [0.25, 0.3) is 11.8 Å². The molecule has 0 aliphatic rings. The molecule has 0 spiro atoms. The molecule has 0 aliphatic carbocycles. The maximum absolute atomic E-state index is 12.4. The molecule has 0 radical (unpaired) electrons.